The van der Waals surface area contributed by atoms with Gasteiger partial charge in [0, 0.05) is 19.1 Å². The van der Waals surface area contributed by atoms with Crippen LogP contribution in [0.1, 0.15) is 46.0 Å². The second kappa shape index (κ2) is 8.09. The average Bonchev–Trinajstić information content (AvgIpc) is 2.38. The molecule has 1 aliphatic carbocycles. The van der Waals surface area contributed by atoms with Crippen LogP contribution in [0.4, 0.5) is 4.79 Å². The standard InChI is InChI=1S/C14H26N2O4/c1-9(2)10-5-3-4-6-11(10)15-14(20)16-12(7-8-17)13(18)19/h9-12,17H,3-8H2,1-2H3,(H,18,19)(H2,15,16,20)/t10?,11?,12-/m0/s1. The fourth-order valence-electron chi connectivity index (χ4n) is 2.89. The summed E-state index contributed by atoms with van der Waals surface area (Å²) in [6.07, 6.45) is 4.33. The Balaban J connectivity index is 2.52. The van der Waals surface area contributed by atoms with E-state index in [1.54, 1.807) is 0 Å². The molecule has 6 nitrogen and oxygen atoms in total. The van der Waals surface area contributed by atoms with E-state index in [9.17, 15) is 9.59 Å². The van der Waals surface area contributed by atoms with E-state index in [2.05, 4.69) is 24.5 Å². The van der Waals surface area contributed by atoms with Gasteiger partial charge in [-0.25, -0.2) is 9.59 Å². The molecule has 1 fully saturated rings. The molecule has 20 heavy (non-hydrogen) atoms. The van der Waals surface area contributed by atoms with Gasteiger partial charge >= 0.3 is 12.0 Å². The molecule has 0 aromatic carbocycles. The highest BCUT2D eigenvalue weighted by Crippen LogP contribution is 2.30. The van der Waals surface area contributed by atoms with Crippen molar-refractivity contribution in [3.05, 3.63) is 0 Å². The number of amides is 2. The van der Waals surface area contributed by atoms with Gasteiger partial charge in [0.2, 0.25) is 0 Å². The van der Waals surface area contributed by atoms with Crippen LogP contribution in [-0.4, -0.2) is 40.9 Å². The van der Waals surface area contributed by atoms with Crippen LogP contribution >= 0.6 is 0 Å². The zero-order valence-corrected chi connectivity index (χ0v) is 12.3. The Kier molecular flexibility index (Phi) is 6.78. The van der Waals surface area contributed by atoms with Crippen LogP contribution in [0.2, 0.25) is 0 Å². The molecule has 0 saturated heterocycles. The SMILES string of the molecule is CC(C)C1CCCCC1NC(=O)N[C@@H](CCO)C(=O)O. The van der Waals surface area contributed by atoms with Gasteiger partial charge in [-0.1, -0.05) is 26.7 Å². The maximum atomic E-state index is 11.9. The summed E-state index contributed by atoms with van der Waals surface area (Å²) in [5.41, 5.74) is 0. The number of hydrogen-bond acceptors (Lipinski definition) is 3. The zero-order chi connectivity index (χ0) is 15.1. The van der Waals surface area contributed by atoms with Gasteiger partial charge in [-0.2, -0.15) is 0 Å². The van der Waals surface area contributed by atoms with E-state index in [0.29, 0.717) is 11.8 Å². The first-order valence-electron chi connectivity index (χ1n) is 7.36. The number of aliphatic carboxylic acids is 1. The van der Waals surface area contributed by atoms with Gasteiger partial charge in [0.1, 0.15) is 6.04 Å². The van der Waals surface area contributed by atoms with Crippen LogP contribution in [-0.2, 0) is 4.79 Å². The smallest absolute Gasteiger partial charge is 0.326 e. The van der Waals surface area contributed by atoms with Crippen LogP contribution in [0, 0.1) is 11.8 Å². The summed E-state index contributed by atoms with van der Waals surface area (Å²) in [7, 11) is 0. The number of carboxylic acids is 1. The summed E-state index contributed by atoms with van der Waals surface area (Å²) < 4.78 is 0. The van der Waals surface area contributed by atoms with Gasteiger partial charge in [0.05, 0.1) is 0 Å². The van der Waals surface area contributed by atoms with Crippen molar-refractivity contribution in [2.24, 2.45) is 11.8 Å². The maximum Gasteiger partial charge on any atom is 0.326 e. The monoisotopic (exact) mass is 286 g/mol. The van der Waals surface area contributed by atoms with Gasteiger partial charge in [0.25, 0.3) is 0 Å². The van der Waals surface area contributed by atoms with E-state index in [0.717, 1.165) is 19.3 Å². The van der Waals surface area contributed by atoms with Gasteiger partial charge in [-0.3, -0.25) is 0 Å². The molecule has 0 aliphatic heterocycles. The highest BCUT2D eigenvalue weighted by molar-refractivity contribution is 5.82. The predicted molar refractivity (Wildman–Crippen MR) is 75.4 cm³/mol. The van der Waals surface area contributed by atoms with Gasteiger partial charge in [0.15, 0.2) is 0 Å². The minimum absolute atomic E-state index is 0.0149. The van der Waals surface area contributed by atoms with Gasteiger partial charge < -0.3 is 20.8 Å². The van der Waals surface area contributed by atoms with E-state index < -0.39 is 18.0 Å². The van der Waals surface area contributed by atoms with Crippen LogP contribution in [0.3, 0.4) is 0 Å². The summed E-state index contributed by atoms with van der Waals surface area (Å²) in [5, 5.41) is 23.1. The summed E-state index contributed by atoms with van der Waals surface area (Å²) in [6.45, 7) is 4.03. The second-order valence-electron chi connectivity index (χ2n) is 5.82. The molecule has 2 amide bonds. The third-order valence-corrected chi connectivity index (χ3v) is 4.01. The molecule has 1 saturated carbocycles. The third kappa shape index (κ3) is 5.00. The molecule has 4 N–H and O–H groups in total. The van der Waals surface area contributed by atoms with Crippen molar-refractivity contribution >= 4 is 12.0 Å². The van der Waals surface area contributed by atoms with Crippen LogP contribution in [0.15, 0.2) is 0 Å². The van der Waals surface area contributed by atoms with Crippen molar-refractivity contribution in [1.82, 2.24) is 10.6 Å². The Labute approximate surface area is 119 Å². The number of aliphatic hydroxyl groups excluding tert-OH is 1. The van der Waals surface area contributed by atoms with E-state index >= 15 is 0 Å². The van der Waals surface area contributed by atoms with E-state index in [4.69, 9.17) is 10.2 Å². The fraction of sp³-hybridized carbons (Fsp3) is 0.857. The normalized spacial score (nSPS) is 24.2. The fourth-order valence-corrected chi connectivity index (χ4v) is 2.89. The Morgan fingerprint density at radius 2 is 1.90 bits per heavy atom. The number of carboxylic acid groups (broad SMARTS) is 1. The first-order chi connectivity index (χ1) is 9.45. The number of aliphatic hydroxyl groups is 1. The minimum Gasteiger partial charge on any atom is -0.480 e. The lowest BCUT2D eigenvalue weighted by molar-refractivity contribution is -0.139. The molecule has 6 heteroatoms. The largest absolute Gasteiger partial charge is 0.480 e. The molecule has 0 aromatic rings. The molecular formula is C14H26N2O4. The molecule has 0 spiro atoms. The summed E-state index contributed by atoms with van der Waals surface area (Å²) in [6, 6.07) is -1.39. The molecule has 2 unspecified atom stereocenters. The summed E-state index contributed by atoms with van der Waals surface area (Å²) in [4.78, 5) is 22.8. The lowest BCUT2D eigenvalue weighted by atomic mass is 9.78. The van der Waals surface area contributed by atoms with E-state index in [1.165, 1.54) is 6.42 Å². The van der Waals surface area contributed by atoms with Crippen molar-refractivity contribution in [3.63, 3.8) is 0 Å². The molecule has 1 aliphatic rings. The number of rotatable bonds is 6. The molecule has 1 rings (SSSR count). The minimum atomic E-state index is -1.13. The number of urea groups is 1. The molecule has 3 atom stereocenters. The quantitative estimate of drug-likeness (QED) is 0.592. The third-order valence-electron chi connectivity index (χ3n) is 4.01. The van der Waals surface area contributed by atoms with Crippen molar-refractivity contribution in [2.75, 3.05) is 6.61 Å². The highest BCUT2D eigenvalue weighted by Gasteiger charge is 2.29. The van der Waals surface area contributed by atoms with Crippen molar-refractivity contribution in [1.29, 1.82) is 0 Å². The Hall–Kier alpha value is -1.30. The van der Waals surface area contributed by atoms with Crippen molar-refractivity contribution in [3.8, 4) is 0 Å². The molecule has 0 aromatic heterocycles. The van der Waals surface area contributed by atoms with Gasteiger partial charge in [-0.15, -0.1) is 0 Å². The number of nitrogens with one attached hydrogen (secondary N) is 2. The Bertz CT molecular complexity index is 333. The first-order valence-corrected chi connectivity index (χ1v) is 7.36. The van der Waals surface area contributed by atoms with E-state index in [1.807, 2.05) is 0 Å². The van der Waals surface area contributed by atoms with Crippen LogP contribution in [0.5, 0.6) is 0 Å². The predicted octanol–water partition coefficient (Wildman–Crippen LogP) is 1.34. The zero-order valence-electron chi connectivity index (χ0n) is 12.3. The molecular weight excluding hydrogens is 260 g/mol. The molecule has 0 radical (unpaired) electrons. The first kappa shape index (κ1) is 16.8. The lowest BCUT2D eigenvalue weighted by Crippen LogP contribution is -2.52. The van der Waals surface area contributed by atoms with Crippen LogP contribution in [0.25, 0.3) is 0 Å². The van der Waals surface area contributed by atoms with Crippen molar-refractivity contribution in [2.45, 2.75) is 58.0 Å². The highest BCUT2D eigenvalue weighted by atomic mass is 16.4. The van der Waals surface area contributed by atoms with Crippen molar-refractivity contribution < 1.29 is 19.8 Å². The number of carbonyl (C=O) groups is 2. The average molecular weight is 286 g/mol. The molecule has 0 heterocycles. The summed E-state index contributed by atoms with van der Waals surface area (Å²) >= 11 is 0. The van der Waals surface area contributed by atoms with E-state index in [-0.39, 0.29) is 19.1 Å². The molecule has 0 bridgehead atoms. The van der Waals surface area contributed by atoms with Crippen LogP contribution < -0.4 is 10.6 Å². The topological polar surface area (TPSA) is 98.7 Å². The Morgan fingerprint density at radius 3 is 2.45 bits per heavy atom. The molecule has 116 valence electrons. The summed E-state index contributed by atoms with van der Waals surface area (Å²) in [5.74, 6) is -0.192. The maximum absolute atomic E-state index is 11.9. The second-order valence-corrected chi connectivity index (χ2v) is 5.82. The van der Waals surface area contributed by atoms with Gasteiger partial charge in [-0.05, 0) is 24.7 Å². The number of carbonyl (C=O) groups excluding carboxylic acids is 1. The number of hydrogen-bond donors (Lipinski definition) is 4. The lowest BCUT2D eigenvalue weighted by Gasteiger charge is -2.35. The Morgan fingerprint density at radius 1 is 1.25 bits per heavy atom.